The first-order chi connectivity index (χ1) is 8.06. The quantitative estimate of drug-likeness (QED) is 0.787. The molecule has 0 bridgehead atoms. The van der Waals surface area contributed by atoms with E-state index in [1.807, 2.05) is 44.2 Å². The first kappa shape index (κ1) is 13.7. The predicted molar refractivity (Wildman–Crippen MR) is 65.7 cm³/mol. The van der Waals surface area contributed by atoms with E-state index in [4.69, 9.17) is 5.11 Å². The van der Waals surface area contributed by atoms with Crippen molar-refractivity contribution in [1.29, 1.82) is 0 Å². The topological polar surface area (TPSA) is 60.8 Å². The molecule has 0 radical (unpaired) electrons. The third-order valence-electron chi connectivity index (χ3n) is 2.92. The van der Waals surface area contributed by atoms with E-state index in [1.54, 1.807) is 4.90 Å². The van der Waals surface area contributed by atoms with Gasteiger partial charge in [0.25, 0.3) is 0 Å². The molecule has 0 aliphatic heterocycles. The largest absolute Gasteiger partial charge is 0.480 e. The maximum atomic E-state index is 10.7. The second-order valence-corrected chi connectivity index (χ2v) is 4.05. The highest BCUT2D eigenvalue weighted by molar-refractivity contribution is 5.69. The summed E-state index contributed by atoms with van der Waals surface area (Å²) in [6.07, 6.45) is -0.671. The SMILES string of the molecule is CCN(CC(=O)O)[C@@H](C)[C@H](O)c1ccccc1. The van der Waals surface area contributed by atoms with Crippen molar-refractivity contribution < 1.29 is 15.0 Å². The van der Waals surface area contributed by atoms with Crippen molar-refractivity contribution >= 4 is 5.97 Å². The van der Waals surface area contributed by atoms with Gasteiger partial charge in [0.05, 0.1) is 12.6 Å². The van der Waals surface area contributed by atoms with Crippen LogP contribution < -0.4 is 0 Å². The van der Waals surface area contributed by atoms with Crippen LogP contribution in [0.4, 0.5) is 0 Å². The fourth-order valence-electron chi connectivity index (χ4n) is 1.85. The van der Waals surface area contributed by atoms with E-state index < -0.39 is 12.1 Å². The zero-order valence-corrected chi connectivity index (χ0v) is 10.2. The van der Waals surface area contributed by atoms with Gasteiger partial charge in [-0.2, -0.15) is 0 Å². The van der Waals surface area contributed by atoms with Gasteiger partial charge in [-0.25, -0.2) is 0 Å². The van der Waals surface area contributed by atoms with E-state index in [2.05, 4.69) is 0 Å². The van der Waals surface area contributed by atoms with Crippen LogP contribution >= 0.6 is 0 Å². The van der Waals surface area contributed by atoms with Crippen LogP contribution in [0.5, 0.6) is 0 Å². The van der Waals surface area contributed by atoms with Gasteiger partial charge in [-0.3, -0.25) is 9.69 Å². The summed E-state index contributed by atoms with van der Waals surface area (Å²) in [5.74, 6) is -0.876. The van der Waals surface area contributed by atoms with Gasteiger partial charge < -0.3 is 10.2 Å². The summed E-state index contributed by atoms with van der Waals surface area (Å²) in [4.78, 5) is 12.4. The molecule has 17 heavy (non-hydrogen) atoms. The lowest BCUT2D eigenvalue weighted by atomic mass is 10.0. The Kier molecular flexibility index (Phi) is 5.12. The Morgan fingerprint density at radius 1 is 1.35 bits per heavy atom. The van der Waals surface area contributed by atoms with Gasteiger partial charge in [-0.05, 0) is 19.0 Å². The molecule has 0 aromatic heterocycles. The highest BCUT2D eigenvalue weighted by Gasteiger charge is 2.23. The number of hydrogen-bond acceptors (Lipinski definition) is 3. The molecule has 2 N–H and O–H groups in total. The van der Waals surface area contributed by atoms with Gasteiger partial charge in [-0.15, -0.1) is 0 Å². The van der Waals surface area contributed by atoms with E-state index in [-0.39, 0.29) is 12.6 Å². The number of likely N-dealkylation sites (N-methyl/N-ethyl adjacent to an activating group) is 1. The fourth-order valence-corrected chi connectivity index (χ4v) is 1.85. The number of carbonyl (C=O) groups is 1. The van der Waals surface area contributed by atoms with Crippen molar-refractivity contribution in [3.8, 4) is 0 Å². The zero-order valence-electron chi connectivity index (χ0n) is 10.2. The number of carboxylic acids is 1. The molecule has 1 aromatic rings. The number of aliphatic hydroxyl groups is 1. The number of nitrogens with zero attached hydrogens (tertiary/aromatic N) is 1. The summed E-state index contributed by atoms with van der Waals surface area (Å²) in [5, 5.41) is 19.0. The van der Waals surface area contributed by atoms with Gasteiger partial charge in [0.2, 0.25) is 0 Å². The lowest BCUT2D eigenvalue weighted by Gasteiger charge is -2.30. The number of benzene rings is 1. The molecule has 94 valence electrons. The summed E-state index contributed by atoms with van der Waals surface area (Å²) in [6, 6.07) is 9.07. The molecule has 1 rings (SSSR count). The van der Waals surface area contributed by atoms with E-state index in [0.717, 1.165) is 5.56 Å². The first-order valence-electron chi connectivity index (χ1n) is 5.75. The molecular formula is C13H19NO3. The number of aliphatic carboxylic acids is 1. The van der Waals surface area contributed by atoms with Gasteiger partial charge in [-0.1, -0.05) is 37.3 Å². The Balaban J connectivity index is 2.73. The molecule has 4 heteroatoms. The van der Waals surface area contributed by atoms with Gasteiger partial charge in [0.15, 0.2) is 0 Å². The van der Waals surface area contributed by atoms with Crippen molar-refractivity contribution in [3.63, 3.8) is 0 Å². The van der Waals surface area contributed by atoms with Crippen molar-refractivity contribution in [1.82, 2.24) is 4.90 Å². The Hall–Kier alpha value is -1.39. The smallest absolute Gasteiger partial charge is 0.317 e. The Morgan fingerprint density at radius 2 is 1.94 bits per heavy atom. The summed E-state index contributed by atoms with van der Waals surface area (Å²) in [5.41, 5.74) is 0.809. The molecule has 0 amide bonds. The van der Waals surface area contributed by atoms with E-state index in [9.17, 15) is 9.90 Å². The van der Waals surface area contributed by atoms with Crippen LogP contribution in [0.2, 0.25) is 0 Å². The van der Waals surface area contributed by atoms with Crippen LogP contribution in [-0.4, -0.2) is 40.2 Å². The first-order valence-corrected chi connectivity index (χ1v) is 5.75. The van der Waals surface area contributed by atoms with Crippen LogP contribution in [-0.2, 0) is 4.79 Å². The predicted octanol–water partition coefficient (Wildman–Crippen LogP) is 1.51. The van der Waals surface area contributed by atoms with Crippen LogP contribution in [0, 0.1) is 0 Å². The minimum atomic E-state index is -0.876. The molecule has 0 heterocycles. The molecule has 0 unspecified atom stereocenters. The van der Waals surface area contributed by atoms with Gasteiger partial charge in [0, 0.05) is 6.04 Å². The molecule has 0 saturated heterocycles. The van der Waals surface area contributed by atoms with E-state index >= 15 is 0 Å². The maximum absolute atomic E-state index is 10.7. The highest BCUT2D eigenvalue weighted by Crippen LogP contribution is 2.20. The average molecular weight is 237 g/mol. The van der Waals surface area contributed by atoms with Gasteiger partial charge in [0.1, 0.15) is 0 Å². The molecule has 4 nitrogen and oxygen atoms in total. The third kappa shape index (κ3) is 3.84. The summed E-state index contributed by atoms with van der Waals surface area (Å²) in [7, 11) is 0. The standard InChI is InChI=1S/C13H19NO3/c1-3-14(9-12(15)16)10(2)13(17)11-7-5-4-6-8-11/h4-8,10,13,17H,3,9H2,1-2H3,(H,15,16)/t10-,13-/m0/s1. The van der Waals surface area contributed by atoms with Gasteiger partial charge >= 0.3 is 5.97 Å². The molecule has 0 spiro atoms. The normalized spacial score (nSPS) is 14.6. The minimum absolute atomic E-state index is 0.0540. The molecule has 0 fully saturated rings. The molecule has 0 saturated carbocycles. The Bertz CT molecular complexity index is 353. The monoisotopic (exact) mass is 237 g/mol. The second-order valence-electron chi connectivity index (χ2n) is 4.05. The number of carboxylic acid groups (broad SMARTS) is 1. The van der Waals surface area contributed by atoms with Crippen molar-refractivity contribution in [2.24, 2.45) is 0 Å². The lowest BCUT2D eigenvalue weighted by Crippen LogP contribution is -2.40. The van der Waals surface area contributed by atoms with Crippen molar-refractivity contribution in [3.05, 3.63) is 35.9 Å². The summed E-state index contributed by atoms with van der Waals surface area (Å²) < 4.78 is 0. The Morgan fingerprint density at radius 3 is 2.41 bits per heavy atom. The number of hydrogen-bond donors (Lipinski definition) is 2. The Labute approximate surface area is 101 Å². The zero-order chi connectivity index (χ0) is 12.8. The van der Waals surface area contributed by atoms with E-state index in [0.29, 0.717) is 6.54 Å². The molecule has 2 atom stereocenters. The molecular weight excluding hydrogens is 218 g/mol. The van der Waals surface area contributed by atoms with Crippen LogP contribution in [0.1, 0.15) is 25.5 Å². The maximum Gasteiger partial charge on any atom is 0.317 e. The fraction of sp³-hybridized carbons (Fsp3) is 0.462. The molecule has 1 aromatic carbocycles. The van der Waals surface area contributed by atoms with Crippen LogP contribution in [0.25, 0.3) is 0 Å². The molecule has 0 aliphatic carbocycles. The minimum Gasteiger partial charge on any atom is -0.480 e. The molecule has 0 aliphatic rings. The highest BCUT2D eigenvalue weighted by atomic mass is 16.4. The third-order valence-corrected chi connectivity index (χ3v) is 2.92. The lowest BCUT2D eigenvalue weighted by molar-refractivity contribution is -0.139. The van der Waals surface area contributed by atoms with Crippen LogP contribution in [0.3, 0.4) is 0 Å². The number of aliphatic hydroxyl groups excluding tert-OH is 1. The summed E-state index contributed by atoms with van der Waals surface area (Å²) >= 11 is 0. The average Bonchev–Trinajstić information content (AvgIpc) is 2.35. The van der Waals surface area contributed by atoms with Crippen molar-refractivity contribution in [2.75, 3.05) is 13.1 Å². The number of rotatable bonds is 6. The second kappa shape index (κ2) is 6.37. The van der Waals surface area contributed by atoms with Crippen molar-refractivity contribution in [2.45, 2.75) is 26.0 Å². The summed E-state index contributed by atoms with van der Waals surface area (Å²) in [6.45, 7) is 4.26. The van der Waals surface area contributed by atoms with E-state index in [1.165, 1.54) is 0 Å². The van der Waals surface area contributed by atoms with Crippen LogP contribution in [0.15, 0.2) is 30.3 Å².